The Labute approximate surface area is 196 Å². The van der Waals surface area contributed by atoms with E-state index in [1.807, 2.05) is 29.2 Å². The van der Waals surface area contributed by atoms with Gasteiger partial charge in [0, 0.05) is 19.3 Å². The average Bonchev–Trinajstić information content (AvgIpc) is 3.31. The lowest BCUT2D eigenvalue weighted by atomic mass is 9.96. The second-order valence-corrected chi connectivity index (χ2v) is 8.89. The van der Waals surface area contributed by atoms with Gasteiger partial charge in [0.25, 0.3) is 5.91 Å². The largest absolute Gasteiger partial charge is 0.488 e. The van der Waals surface area contributed by atoms with Crippen molar-refractivity contribution in [1.29, 1.82) is 0 Å². The molecule has 1 unspecified atom stereocenters. The summed E-state index contributed by atoms with van der Waals surface area (Å²) in [6, 6.07) is 15.5. The zero-order valence-electron chi connectivity index (χ0n) is 18.3. The summed E-state index contributed by atoms with van der Waals surface area (Å²) in [4.78, 5) is 31.0. The molecule has 4 rings (SSSR count). The number of ether oxygens (including phenoxy) is 1. The van der Waals surface area contributed by atoms with Crippen molar-refractivity contribution in [3.63, 3.8) is 0 Å². The third-order valence-electron chi connectivity index (χ3n) is 5.52. The van der Waals surface area contributed by atoms with Crippen LogP contribution in [0, 0.1) is 11.8 Å². The molecule has 0 radical (unpaired) electrons. The van der Waals surface area contributed by atoms with Crippen LogP contribution in [-0.4, -0.2) is 33.4 Å². The standard InChI is InChI=1S/C26H24N2O4S/c1-2-5-20(14-24(29)30)19-8-10-22(11-9-19)32-17-23-15-27-25(33-23)26(31)28-13-12-18-6-3-4-7-21(18)16-28/h3-4,6-11,15,20H,12-14,16-17H2,1H3,(H,29,30). The number of aromatic nitrogens is 1. The third kappa shape index (κ3) is 5.60. The molecule has 1 atom stereocenters. The molecule has 0 bridgehead atoms. The Kier molecular flexibility index (Phi) is 7.06. The van der Waals surface area contributed by atoms with Crippen LogP contribution in [0.2, 0.25) is 0 Å². The van der Waals surface area contributed by atoms with Crippen molar-refractivity contribution < 1.29 is 19.4 Å². The molecule has 6 nitrogen and oxygen atoms in total. The Morgan fingerprint density at radius 1 is 1.18 bits per heavy atom. The summed E-state index contributed by atoms with van der Waals surface area (Å²) >= 11 is 1.35. The van der Waals surface area contributed by atoms with Crippen molar-refractivity contribution in [1.82, 2.24) is 9.88 Å². The number of carbonyl (C=O) groups excluding carboxylic acids is 1. The first-order valence-electron chi connectivity index (χ1n) is 10.7. The quantitative estimate of drug-likeness (QED) is 0.525. The molecule has 2 heterocycles. The number of thiazole rings is 1. The highest BCUT2D eigenvalue weighted by Crippen LogP contribution is 2.25. The lowest BCUT2D eigenvalue weighted by Crippen LogP contribution is -2.35. The minimum Gasteiger partial charge on any atom is -0.488 e. The van der Waals surface area contributed by atoms with E-state index in [1.165, 1.54) is 22.5 Å². The number of fused-ring (bicyclic) bond motifs is 1. The molecule has 0 fully saturated rings. The van der Waals surface area contributed by atoms with E-state index in [0.29, 0.717) is 30.5 Å². The van der Waals surface area contributed by atoms with Gasteiger partial charge in [0.2, 0.25) is 0 Å². The number of benzene rings is 2. The molecule has 0 aliphatic carbocycles. The van der Waals surface area contributed by atoms with E-state index < -0.39 is 5.97 Å². The van der Waals surface area contributed by atoms with Gasteiger partial charge in [-0.25, -0.2) is 4.98 Å². The van der Waals surface area contributed by atoms with Gasteiger partial charge in [0.05, 0.1) is 17.2 Å². The first-order chi connectivity index (χ1) is 16.0. The van der Waals surface area contributed by atoms with Gasteiger partial charge in [-0.1, -0.05) is 42.3 Å². The minimum atomic E-state index is -0.882. The van der Waals surface area contributed by atoms with E-state index >= 15 is 0 Å². The molecular formula is C26H24N2O4S. The molecule has 2 aromatic carbocycles. The van der Waals surface area contributed by atoms with Gasteiger partial charge < -0.3 is 14.7 Å². The van der Waals surface area contributed by atoms with Crippen LogP contribution in [0.4, 0.5) is 0 Å². The molecule has 0 saturated heterocycles. The molecule has 1 aromatic heterocycles. The van der Waals surface area contributed by atoms with Crippen LogP contribution in [0.25, 0.3) is 0 Å². The van der Waals surface area contributed by atoms with Gasteiger partial charge in [0.15, 0.2) is 5.01 Å². The van der Waals surface area contributed by atoms with Crippen LogP contribution in [0.15, 0.2) is 54.7 Å². The summed E-state index contributed by atoms with van der Waals surface area (Å²) in [7, 11) is 0. The molecule has 7 heteroatoms. The number of carbonyl (C=O) groups is 2. The Morgan fingerprint density at radius 3 is 2.67 bits per heavy atom. The number of nitrogens with zero attached hydrogens (tertiary/aromatic N) is 2. The number of hydrogen-bond donors (Lipinski definition) is 1. The van der Waals surface area contributed by atoms with E-state index in [4.69, 9.17) is 9.84 Å². The average molecular weight is 461 g/mol. The van der Waals surface area contributed by atoms with Crippen molar-refractivity contribution in [2.45, 2.75) is 38.8 Å². The maximum atomic E-state index is 12.9. The second-order valence-electron chi connectivity index (χ2n) is 7.78. The highest BCUT2D eigenvalue weighted by atomic mass is 32.1. The summed E-state index contributed by atoms with van der Waals surface area (Å²) in [5.41, 5.74) is 3.33. The first-order valence-corrected chi connectivity index (χ1v) is 11.5. The molecule has 3 aromatic rings. The maximum Gasteiger partial charge on any atom is 0.304 e. The zero-order chi connectivity index (χ0) is 23.2. The molecule has 1 amide bonds. The van der Waals surface area contributed by atoms with Crippen molar-refractivity contribution >= 4 is 23.2 Å². The fourth-order valence-corrected chi connectivity index (χ4v) is 4.62. The highest BCUT2D eigenvalue weighted by molar-refractivity contribution is 7.13. The minimum absolute atomic E-state index is 0.0404. The van der Waals surface area contributed by atoms with Crippen LogP contribution in [0.1, 0.15) is 50.6 Å². The summed E-state index contributed by atoms with van der Waals surface area (Å²) in [5.74, 6) is 5.11. The normalized spacial score (nSPS) is 13.4. The van der Waals surface area contributed by atoms with Crippen LogP contribution >= 0.6 is 11.3 Å². The molecule has 168 valence electrons. The lowest BCUT2D eigenvalue weighted by molar-refractivity contribution is -0.137. The maximum absolute atomic E-state index is 12.9. The third-order valence-corrected chi connectivity index (χ3v) is 6.47. The molecule has 0 spiro atoms. The molecule has 33 heavy (non-hydrogen) atoms. The SMILES string of the molecule is CC#CC(CC(=O)O)c1ccc(OCc2cnc(C(=O)N3CCc4ccccc4C3)s2)cc1. The molecule has 0 saturated carbocycles. The molecule has 1 N–H and O–H groups in total. The van der Waals surface area contributed by atoms with Gasteiger partial charge in [-0.05, 0) is 42.2 Å². The number of amides is 1. The van der Waals surface area contributed by atoms with Crippen molar-refractivity contribution in [3.05, 3.63) is 81.3 Å². The second kappa shape index (κ2) is 10.3. The van der Waals surface area contributed by atoms with Crippen molar-refractivity contribution in [3.8, 4) is 17.6 Å². The molecule has 1 aliphatic heterocycles. The van der Waals surface area contributed by atoms with E-state index in [-0.39, 0.29) is 18.2 Å². The van der Waals surface area contributed by atoms with Gasteiger partial charge in [-0.2, -0.15) is 0 Å². The zero-order valence-corrected chi connectivity index (χ0v) is 19.1. The van der Waals surface area contributed by atoms with E-state index in [9.17, 15) is 9.59 Å². The van der Waals surface area contributed by atoms with Gasteiger partial charge in [0.1, 0.15) is 12.4 Å². The van der Waals surface area contributed by atoms with Crippen molar-refractivity contribution in [2.24, 2.45) is 0 Å². The predicted octanol–water partition coefficient (Wildman–Crippen LogP) is 4.50. The fourth-order valence-electron chi connectivity index (χ4n) is 3.83. The summed E-state index contributed by atoms with van der Waals surface area (Å²) in [6.45, 7) is 3.31. The van der Waals surface area contributed by atoms with E-state index in [2.05, 4.69) is 29.0 Å². The number of carboxylic acids is 1. The molecular weight excluding hydrogens is 436 g/mol. The van der Waals surface area contributed by atoms with Crippen LogP contribution in [0.3, 0.4) is 0 Å². The summed E-state index contributed by atoms with van der Waals surface area (Å²) in [6.07, 6.45) is 2.50. The van der Waals surface area contributed by atoms with Gasteiger partial charge >= 0.3 is 5.97 Å². The Balaban J connectivity index is 1.35. The van der Waals surface area contributed by atoms with Gasteiger partial charge in [-0.3, -0.25) is 9.59 Å². The Hall–Kier alpha value is -3.63. The predicted molar refractivity (Wildman–Crippen MR) is 126 cm³/mol. The lowest BCUT2D eigenvalue weighted by Gasteiger charge is -2.28. The summed E-state index contributed by atoms with van der Waals surface area (Å²) in [5, 5.41) is 9.55. The Bertz CT molecular complexity index is 1210. The van der Waals surface area contributed by atoms with Gasteiger partial charge in [-0.15, -0.1) is 17.3 Å². The van der Waals surface area contributed by atoms with Crippen LogP contribution in [0.5, 0.6) is 5.75 Å². The molecule has 1 aliphatic rings. The number of aliphatic carboxylic acids is 1. The smallest absolute Gasteiger partial charge is 0.304 e. The summed E-state index contributed by atoms with van der Waals surface area (Å²) < 4.78 is 5.85. The van der Waals surface area contributed by atoms with Crippen LogP contribution in [-0.2, 0) is 24.4 Å². The monoisotopic (exact) mass is 460 g/mol. The van der Waals surface area contributed by atoms with Crippen molar-refractivity contribution in [2.75, 3.05) is 6.54 Å². The number of rotatable bonds is 7. The number of carboxylic acid groups (broad SMARTS) is 1. The van der Waals surface area contributed by atoms with E-state index in [0.717, 1.165) is 16.9 Å². The van der Waals surface area contributed by atoms with E-state index in [1.54, 1.807) is 25.3 Å². The first kappa shape index (κ1) is 22.6. The topological polar surface area (TPSA) is 79.7 Å². The highest BCUT2D eigenvalue weighted by Gasteiger charge is 2.23. The Morgan fingerprint density at radius 2 is 1.94 bits per heavy atom. The number of hydrogen-bond acceptors (Lipinski definition) is 5. The van der Waals surface area contributed by atoms with Crippen LogP contribution < -0.4 is 4.74 Å². The fraction of sp³-hybridized carbons (Fsp3) is 0.269.